The van der Waals surface area contributed by atoms with Crippen LogP contribution < -0.4 is 9.30 Å². The van der Waals surface area contributed by atoms with Gasteiger partial charge in [0.05, 0.1) is 30.4 Å². The average Bonchev–Trinajstić information content (AvgIpc) is 2.74. The average molecular weight is 1130 g/mol. The van der Waals surface area contributed by atoms with Gasteiger partial charge in [-0.05, 0) is 108 Å². The van der Waals surface area contributed by atoms with Gasteiger partial charge in [0.25, 0.3) is 6.33 Å². The second kappa shape index (κ2) is 18.1. The third kappa shape index (κ3) is 8.18. The molecule has 1 aliphatic rings. The molecule has 72 heavy (non-hydrogen) atoms. The minimum atomic E-state index is -0.574. The van der Waals surface area contributed by atoms with Crippen LogP contribution in [0.25, 0.3) is 83.4 Å². The van der Waals surface area contributed by atoms with Gasteiger partial charge in [-0.25, -0.2) is 4.98 Å². The van der Waals surface area contributed by atoms with Crippen LogP contribution in [-0.4, -0.2) is 14.1 Å². The number of pyridine rings is 1. The molecule has 0 bridgehead atoms. The summed E-state index contributed by atoms with van der Waals surface area (Å²) in [5.41, 5.74) is 8.67. The van der Waals surface area contributed by atoms with Crippen molar-refractivity contribution >= 4 is 32.8 Å². The van der Waals surface area contributed by atoms with Gasteiger partial charge in [0.15, 0.2) is 0 Å². The van der Waals surface area contributed by atoms with Crippen LogP contribution >= 0.6 is 0 Å². The first-order chi connectivity index (χ1) is 38.5. The van der Waals surface area contributed by atoms with E-state index < -0.39 is 60.4 Å². The third-order valence-electron chi connectivity index (χ3n) is 14.3. The number of para-hydroxylation sites is 3. The second-order valence-electron chi connectivity index (χ2n) is 20.8. The minimum Gasteiger partial charge on any atom is -0.510 e. The smallest absolute Gasteiger partial charge is 0.268 e. The van der Waals surface area contributed by atoms with Crippen molar-refractivity contribution in [2.45, 2.75) is 77.6 Å². The summed E-state index contributed by atoms with van der Waals surface area (Å²) in [6.07, 6.45) is 7.47. The Balaban J connectivity index is 0.00000705. The van der Waals surface area contributed by atoms with E-state index in [1.807, 2.05) is 77.5 Å². The van der Waals surface area contributed by atoms with Crippen LogP contribution in [-0.2, 0) is 37.3 Å². The summed E-state index contributed by atoms with van der Waals surface area (Å²) in [4.78, 5) is 4.85. The van der Waals surface area contributed by atoms with Gasteiger partial charge >= 0.3 is 0 Å². The van der Waals surface area contributed by atoms with Crippen molar-refractivity contribution in [1.29, 1.82) is 0 Å². The Morgan fingerprint density at radius 3 is 2.00 bits per heavy atom. The van der Waals surface area contributed by atoms with Crippen molar-refractivity contribution in [3.05, 3.63) is 223 Å². The molecule has 0 amide bonds. The Morgan fingerprint density at radius 2 is 1.28 bits per heavy atom. The summed E-state index contributed by atoms with van der Waals surface area (Å²) < 4.78 is 102. The number of ether oxygens (including phenoxy) is 1. The molecule has 0 atom stereocenters. The molecule has 8 aromatic carbocycles. The van der Waals surface area contributed by atoms with E-state index in [-0.39, 0.29) is 65.3 Å². The Morgan fingerprint density at radius 1 is 0.625 bits per heavy atom. The van der Waals surface area contributed by atoms with Crippen molar-refractivity contribution in [3.63, 3.8) is 0 Å². The van der Waals surface area contributed by atoms with E-state index in [2.05, 4.69) is 108 Å². The van der Waals surface area contributed by atoms with Gasteiger partial charge in [0.1, 0.15) is 5.82 Å². The Labute approximate surface area is 451 Å². The molecule has 3 heterocycles. The molecule has 0 saturated carbocycles. The van der Waals surface area contributed by atoms with E-state index in [9.17, 15) is 5.48 Å². The number of hydrogen-bond donors (Lipinski definition) is 0. The largest absolute Gasteiger partial charge is 0.510 e. The number of aromatic nitrogens is 4. The number of hydrogen-bond acceptors (Lipinski definition) is 2. The summed E-state index contributed by atoms with van der Waals surface area (Å²) in [7, 11) is 0. The van der Waals surface area contributed by atoms with E-state index in [0.29, 0.717) is 28.2 Å². The SMILES string of the molecule is [2H]c1c([2H])c([2H])c(-c2cccc(-c3c([2H])c([2H])c([2H])c([2H])c3[2H])c2-[n+]2[c-]n(-c3[c-]c(Oc4[c-]c5c(cc4)c4ccccc4n5-c4cc(C(C)(C)C)ccn4)ccc3)c3c(-c4ccc5c(c4)C(C)(C)CCC5(C)C)cccc32)c([2H])c1[2H].[Pt]. The van der Waals surface area contributed by atoms with Gasteiger partial charge in [-0.1, -0.05) is 187 Å². The first-order valence-corrected chi connectivity index (χ1v) is 24.0. The van der Waals surface area contributed by atoms with E-state index in [4.69, 9.17) is 17.9 Å². The summed E-state index contributed by atoms with van der Waals surface area (Å²) in [5, 5.41) is 2.02. The third-order valence-corrected chi connectivity index (χ3v) is 14.3. The normalized spacial score (nSPS) is 16.0. The van der Waals surface area contributed by atoms with Gasteiger partial charge in [-0.2, -0.15) is 18.2 Å². The fourth-order valence-electron chi connectivity index (χ4n) is 10.4. The monoisotopic (exact) mass is 1130 g/mol. The van der Waals surface area contributed by atoms with E-state index in [1.165, 1.54) is 11.1 Å². The predicted octanol–water partition coefficient (Wildman–Crippen LogP) is 16.2. The molecule has 0 fully saturated rings. The molecule has 11 aromatic rings. The quantitative estimate of drug-likeness (QED) is 0.112. The molecule has 6 heteroatoms. The molecule has 0 aliphatic heterocycles. The zero-order chi connectivity index (χ0) is 57.4. The van der Waals surface area contributed by atoms with Gasteiger partial charge in [-0.15, -0.1) is 29.7 Å². The topological polar surface area (TPSA) is 35.9 Å². The van der Waals surface area contributed by atoms with Crippen molar-refractivity contribution in [3.8, 4) is 62.1 Å². The van der Waals surface area contributed by atoms with Crippen LogP contribution in [0, 0.1) is 18.5 Å². The maximum atomic E-state index is 9.27. The first-order valence-electron chi connectivity index (χ1n) is 29.0. The van der Waals surface area contributed by atoms with Crippen LogP contribution in [0.15, 0.2) is 188 Å². The maximum absolute atomic E-state index is 9.27. The van der Waals surface area contributed by atoms with Crippen LogP contribution in [0.4, 0.5) is 0 Å². The van der Waals surface area contributed by atoms with E-state index in [0.717, 1.165) is 57.2 Å². The van der Waals surface area contributed by atoms with Crippen molar-refractivity contribution < 1.29 is 44.1 Å². The molecule has 0 spiro atoms. The molecule has 358 valence electrons. The standard InChI is InChI=1S/C66H56N4O.Pt/c1-64(2,3)47-35-38-67-61(40-47)70-58-29-15-14-25-54(58)55-33-32-50(42-60(55)70)71-49-24-16-23-48(41-49)68-43-69(62-51(44-19-10-8-11-20-44)26-17-27-52(62)45-21-12-9-13-22-45)59-30-18-28-53(63(59)68)46-31-34-56-57(39-46)66(6,7)37-36-65(56,4)5;/h8-35,38-40H,36-37H2,1-7H3;/q-2;/i8D,9D,10D,11D,12D,13D,19D,20D,21D,22D;. The number of benzene rings is 8. The number of imidazole rings is 1. The van der Waals surface area contributed by atoms with Gasteiger partial charge in [0, 0.05) is 44.3 Å². The van der Waals surface area contributed by atoms with Gasteiger partial charge in [0.2, 0.25) is 0 Å². The Hall–Kier alpha value is -7.33. The van der Waals surface area contributed by atoms with Crippen LogP contribution in [0.5, 0.6) is 11.5 Å². The zero-order valence-corrected chi connectivity index (χ0v) is 43.3. The summed E-state index contributed by atoms with van der Waals surface area (Å²) in [5.74, 6) is 1.54. The molecule has 12 rings (SSSR count). The molecule has 5 nitrogen and oxygen atoms in total. The van der Waals surface area contributed by atoms with Gasteiger partial charge in [-0.3, -0.25) is 4.57 Å². The van der Waals surface area contributed by atoms with Crippen molar-refractivity contribution in [2.24, 2.45) is 0 Å². The number of nitrogens with zero attached hydrogens (tertiary/aromatic N) is 4. The molecule has 3 aromatic heterocycles. The zero-order valence-electron chi connectivity index (χ0n) is 51.1. The van der Waals surface area contributed by atoms with Crippen LogP contribution in [0.1, 0.15) is 91.7 Å². The molecule has 0 unspecified atom stereocenters. The Kier molecular flexibility index (Phi) is 9.17. The van der Waals surface area contributed by atoms with Crippen molar-refractivity contribution in [2.75, 3.05) is 0 Å². The number of rotatable bonds is 8. The molecular formula is C66H56N4OPt-2. The molecule has 0 N–H and O–H groups in total. The minimum absolute atomic E-state index is 0. The van der Waals surface area contributed by atoms with Crippen molar-refractivity contribution in [1.82, 2.24) is 14.1 Å². The summed E-state index contributed by atoms with van der Waals surface area (Å²) in [6.45, 7) is 15.7. The van der Waals surface area contributed by atoms with Gasteiger partial charge < -0.3 is 13.9 Å². The molecular weight excluding hydrogens is 1060 g/mol. The fraction of sp³-hybridized carbons (Fsp3) is 0.182. The van der Waals surface area contributed by atoms with E-state index in [1.54, 1.807) is 22.8 Å². The predicted molar refractivity (Wildman–Crippen MR) is 290 cm³/mol. The van der Waals surface area contributed by atoms with Crippen LogP contribution in [0.3, 0.4) is 0 Å². The van der Waals surface area contributed by atoms with E-state index >= 15 is 0 Å². The first kappa shape index (κ1) is 36.6. The summed E-state index contributed by atoms with van der Waals surface area (Å²) in [6, 6.07) is 40.9. The maximum Gasteiger partial charge on any atom is 0.268 e. The number of fused-ring (bicyclic) bond motifs is 5. The fourth-order valence-corrected chi connectivity index (χ4v) is 10.4. The molecule has 1 aliphatic carbocycles. The second-order valence-corrected chi connectivity index (χ2v) is 20.8. The molecule has 0 radical (unpaired) electrons. The Bertz CT molecular complexity index is 4320. The van der Waals surface area contributed by atoms with Crippen LogP contribution in [0.2, 0.25) is 0 Å². The summed E-state index contributed by atoms with van der Waals surface area (Å²) >= 11 is 0. The molecule has 0 saturated heterocycles.